The minimum absolute atomic E-state index is 0.0426. The smallest absolute Gasteiger partial charge is 0.338 e. The fraction of sp³-hybridized carbons (Fsp3) is 0.545. The van der Waals surface area contributed by atoms with Crippen molar-refractivity contribution in [2.45, 2.75) is 76.6 Å². The second-order valence-corrected chi connectivity index (χ2v) is 14.0. The molecule has 0 spiro atoms. The molecule has 2 heterocycles. The van der Waals surface area contributed by atoms with Crippen LogP contribution in [-0.4, -0.2) is 44.0 Å². The number of aliphatic imine (C=N–C) groups is 1. The summed E-state index contributed by atoms with van der Waals surface area (Å²) in [6.45, 7) is 14.7. The maximum absolute atomic E-state index is 12.8. The van der Waals surface area contributed by atoms with E-state index in [1.54, 1.807) is 6.92 Å². The van der Waals surface area contributed by atoms with Crippen molar-refractivity contribution in [1.29, 1.82) is 0 Å². The van der Waals surface area contributed by atoms with Gasteiger partial charge in [-0.1, -0.05) is 51.1 Å². The molecule has 0 saturated carbocycles. The van der Waals surface area contributed by atoms with Gasteiger partial charge >= 0.3 is 5.97 Å². The lowest BCUT2D eigenvalue weighted by atomic mass is 9.93. The van der Waals surface area contributed by atoms with Crippen LogP contribution in [0, 0.1) is 0 Å². The van der Waals surface area contributed by atoms with Crippen molar-refractivity contribution in [1.82, 2.24) is 0 Å². The molecule has 28 heavy (non-hydrogen) atoms. The Bertz CT molecular complexity index is 797. The third-order valence-electron chi connectivity index (χ3n) is 6.04. The molecule has 0 aromatic heterocycles. The third kappa shape index (κ3) is 3.55. The summed E-state index contributed by atoms with van der Waals surface area (Å²) in [6, 6.07) is 9.65. The van der Waals surface area contributed by atoms with Gasteiger partial charge in [0.2, 0.25) is 5.90 Å². The van der Waals surface area contributed by atoms with Gasteiger partial charge in [0.15, 0.2) is 26.1 Å². The minimum atomic E-state index is -2.08. The highest BCUT2D eigenvalue weighted by Crippen LogP contribution is 2.43. The van der Waals surface area contributed by atoms with E-state index < -0.39 is 26.1 Å². The maximum atomic E-state index is 12.8. The number of benzene rings is 1. The van der Waals surface area contributed by atoms with Gasteiger partial charge in [0.05, 0.1) is 0 Å². The van der Waals surface area contributed by atoms with Crippen LogP contribution in [0.5, 0.6) is 0 Å². The first kappa shape index (κ1) is 20.8. The van der Waals surface area contributed by atoms with Crippen LogP contribution in [0.25, 0.3) is 0 Å². The van der Waals surface area contributed by atoms with Crippen molar-refractivity contribution >= 4 is 20.2 Å². The van der Waals surface area contributed by atoms with Gasteiger partial charge in [-0.05, 0) is 44.1 Å². The summed E-state index contributed by atoms with van der Waals surface area (Å²) in [4.78, 5) is 17.4. The minimum Gasteiger partial charge on any atom is -0.467 e. The summed E-state index contributed by atoms with van der Waals surface area (Å²) in [5.41, 5.74) is -0.190. The molecule has 6 heteroatoms. The van der Waals surface area contributed by atoms with Crippen LogP contribution in [0.15, 0.2) is 47.5 Å². The fourth-order valence-corrected chi connectivity index (χ4v) is 4.51. The van der Waals surface area contributed by atoms with E-state index in [-0.39, 0.29) is 17.1 Å². The molecule has 152 valence electrons. The van der Waals surface area contributed by atoms with E-state index in [0.29, 0.717) is 5.90 Å². The molecule has 1 aromatic carbocycles. The lowest BCUT2D eigenvalue weighted by molar-refractivity contribution is -0.147. The number of fused-ring (bicyclic) bond motifs is 1. The van der Waals surface area contributed by atoms with E-state index in [1.807, 2.05) is 49.4 Å². The normalized spacial score (nSPS) is 28.7. The summed E-state index contributed by atoms with van der Waals surface area (Å²) < 4.78 is 18.6. The van der Waals surface area contributed by atoms with Crippen LogP contribution < -0.4 is 0 Å². The number of cyclic esters (lactones) is 1. The fourth-order valence-electron chi connectivity index (χ4n) is 3.26. The number of ether oxygens (including phenoxy) is 2. The van der Waals surface area contributed by atoms with Crippen LogP contribution >= 0.6 is 0 Å². The highest BCUT2D eigenvalue weighted by atomic mass is 28.4. The molecule has 1 aromatic rings. The standard InChI is InChI=1S/C22H31NO4Si/c1-8-12-16(27-28(6,7)21(2,3)4)17-18-22(5,20(24)25-17)23-19(26-18)15-13-10-9-11-14-15/h8-14,16-18H,1-7H3/b12-8+/t16-,17+,18-,22-/m0/s1. The van der Waals surface area contributed by atoms with Gasteiger partial charge in [-0.2, -0.15) is 0 Å². The van der Waals surface area contributed by atoms with E-state index in [4.69, 9.17) is 13.9 Å². The number of esters is 1. The number of hydrogen-bond donors (Lipinski definition) is 0. The molecule has 5 nitrogen and oxygen atoms in total. The predicted molar refractivity (Wildman–Crippen MR) is 113 cm³/mol. The zero-order valence-corrected chi connectivity index (χ0v) is 18.9. The molecule has 4 atom stereocenters. The molecule has 0 amide bonds. The molecule has 0 radical (unpaired) electrons. The summed E-state index contributed by atoms with van der Waals surface area (Å²) in [5, 5.41) is 0.0426. The average Bonchev–Trinajstić information content (AvgIpc) is 3.08. The van der Waals surface area contributed by atoms with Crippen molar-refractivity contribution in [2.75, 3.05) is 0 Å². The SMILES string of the molecule is C/C=C/[C@H](O[Si](C)(C)C(C)(C)C)[C@H]1OC(=O)[C@@]2(C)N=C(c3ccccc3)O[C@@H]12. The third-order valence-corrected chi connectivity index (χ3v) is 10.5. The molecule has 2 aliphatic rings. The summed E-state index contributed by atoms with van der Waals surface area (Å²) in [7, 11) is -2.08. The summed E-state index contributed by atoms with van der Waals surface area (Å²) >= 11 is 0. The number of carbonyl (C=O) groups is 1. The van der Waals surface area contributed by atoms with Crippen LogP contribution in [-0.2, 0) is 18.7 Å². The molecular formula is C22H31NO4Si. The van der Waals surface area contributed by atoms with E-state index >= 15 is 0 Å². The number of allylic oxidation sites excluding steroid dienone is 1. The highest BCUT2D eigenvalue weighted by Gasteiger charge is 2.62. The van der Waals surface area contributed by atoms with Gasteiger partial charge in [0.1, 0.15) is 6.10 Å². The van der Waals surface area contributed by atoms with Crippen LogP contribution in [0.1, 0.15) is 40.2 Å². The van der Waals surface area contributed by atoms with Crippen LogP contribution in [0.2, 0.25) is 18.1 Å². The molecular weight excluding hydrogens is 370 g/mol. The lowest BCUT2D eigenvalue weighted by Gasteiger charge is -2.40. The Morgan fingerprint density at radius 1 is 1.21 bits per heavy atom. The summed E-state index contributed by atoms with van der Waals surface area (Å²) in [6.07, 6.45) is 2.49. The first-order valence-corrected chi connectivity index (χ1v) is 12.7. The molecule has 0 N–H and O–H groups in total. The van der Waals surface area contributed by atoms with Gasteiger partial charge in [-0.3, -0.25) is 0 Å². The average molecular weight is 402 g/mol. The Morgan fingerprint density at radius 3 is 2.43 bits per heavy atom. The molecule has 1 saturated heterocycles. The van der Waals surface area contributed by atoms with Crippen molar-refractivity contribution in [3.05, 3.63) is 48.0 Å². The molecule has 1 fully saturated rings. The second-order valence-electron chi connectivity index (χ2n) is 9.21. The van der Waals surface area contributed by atoms with Crippen molar-refractivity contribution < 1.29 is 18.7 Å². The Morgan fingerprint density at radius 2 is 1.86 bits per heavy atom. The number of carbonyl (C=O) groups excluding carboxylic acids is 1. The maximum Gasteiger partial charge on any atom is 0.338 e. The second kappa shape index (κ2) is 7.15. The zero-order chi connectivity index (χ0) is 20.7. The first-order valence-electron chi connectivity index (χ1n) is 9.83. The van der Waals surface area contributed by atoms with Crippen molar-refractivity contribution in [3.63, 3.8) is 0 Å². The van der Waals surface area contributed by atoms with Gasteiger partial charge in [-0.25, -0.2) is 9.79 Å². The molecule has 0 bridgehead atoms. The zero-order valence-electron chi connectivity index (χ0n) is 17.9. The van der Waals surface area contributed by atoms with Gasteiger partial charge in [0, 0.05) is 5.56 Å². The molecule has 0 aliphatic carbocycles. The largest absolute Gasteiger partial charge is 0.467 e. The van der Waals surface area contributed by atoms with E-state index in [0.717, 1.165) is 5.56 Å². The van der Waals surface area contributed by atoms with E-state index in [2.05, 4.69) is 38.9 Å². The Hall–Kier alpha value is -1.92. The number of hydrogen-bond acceptors (Lipinski definition) is 5. The molecule has 3 rings (SSSR count). The van der Waals surface area contributed by atoms with Crippen LogP contribution in [0.4, 0.5) is 0 Å². The molecule has 2 aliphatic heterocycles. The Labute approximate surface area is 168 Å². The summed E-state index contributed by atoms with van der Waals surface area (Å²) in [5.74, 6) is 0.128. The molecule has 0 unspecified atom stereocenters. The predicted octanol–water partition coefficient (Wildman–Crippen LogP) is 4.48. The topological polar surface area (TPSA) is 57.1 Å². The van der Waals surface area contributed by atoms with Crippen molar-refractivity contribution in [3.8, 4) is 0 Å². The van der Waals surface area contributed by atoms with Crippen molar-refractivity contribution in [2.24, 2.45) is 4.99 Å². The first-order chi connectivity index (χ1) is 13.0. The quantitative estimate of drug-likeness (QED) is 0.415. The van der Waals surface area contributed by atoms with Gasteiger partial charge in [0.25, 0.3) is 0 Å². The van der Waals surface area contributed by atoms with Gasteiger partial charge in [-0.15, -0.1) is 0 Å². The Balaban J connectivity index is 1.90. The monoisotopic (exact) mass is 401 g/mol. The Kier molecular flexibility index (Phi) is 5.32. The highest BCUT2D eigenvalue weighted by molar-refractivity contribution is 6.74. The van der Waals surface area contributed by atoms with Crippen LogP contribution in [0.3, 0.4) is 0 Å². The van der Waals surface area contributed by atoms with E-state index in [1.165, 1.54) is 0 Å². The van der Waals surface area contributed by atoms with E-state index in [9.17, 15) is 4.79 Å². The lowest BCUT2D eigenvalue weighted by Crippen LogP contribution is -2.50. The number of nitrogens with zero attached hydrogens (tertiary/aromatic N) is 1. The van der Waals surface area contributed by atoms with Gasteiger partial charge < -0.3 is 13.9 Å². The number of rotatable bonds is 5.